The lowest BCUT2D eigenvalue weighted by Gasteiger charge is -2.34. The van der Waals surface area contributed by atoms with E-state index in [-0.39, 0.29) is 5.91 Å². The quantitative estimate of drug-likeness (QED) is 0.835. The number of carbonyl (C=O) groups excluding carboxylic acids is 1. The second-order valence-corrected chi connectivity index (χ2v) is 8.43. The summed E-state index contributed by atoms with van der Waals surface area (Å²) in [6, 6.07) is 9.23. The molecule has 0 saturated heterocycles. The number of carbonyl (C=O) groups is 1. The molecule has 1 unspecified atom stereocenters. The van der Waals surface area contributed by atoms with Crippen LogP contribution < -0.4 is 5.32 Å². The number of thiophene rings is 1. The Balaban J connectivity index is 1.81. The van der Waals surface area contributed by atoms with Crippen molar-refractivity contribution in [2.75, 3.05) is 5.32 Å². The zero-order chi connectivity index (χ0) is 17.3. The Morgan fingerprint density at radius 1 is 1.33 bits per heavy atom. The van der Waals surface area contributed by atoms with Gasteiger partial charge in [-0.2, -0.15) is 5.26 Å². The maximum atomic E-state index is 12.7. The van der Waals surface area contributed by atoms with Crippen molar-refractivity contribution in [2.45, 2.75) is 40.0 Å². The van der Waals surface area contributed by atoms with E-state index in [9.17, 15) is 4.79 Å². The highest BCUT2D eigenvalue weighted by Gasteiger charge is 2.31. The van der Waals surface area contributed by atoms with Crippen LogP contribution in [0.2, 0.25) is 0 Å². The summed E-state index contributed by atoms with van der Waals surface area (Å²) in [5, 5.41) is 14.0. The Kier molecular flexibility index (Phi) is 4.47. The van der Waals surface area contributed by atoms with E-state index in [1.807, 2.05) is 11.4 Å². The van der Waals surface area contributed by atoms with Crippen LogP contribution in [0.4, 0.5) is 5.69 Å². The number of benzene rings is 1. The zero-order valence-electron chi connectivity index (χ0n) is 14.3. The number of anilines is 1. The fourth-order valence-corrected chi connectivity index (χ4v) is 4.48. The summed E-state index contributed by atoms with van der Waals surface area (Å²) in [4.78, 5) is 14.0. The largest absolute Gasteiger partial charge is 0.321 e. The normalized spacial score (nSPS) is 17.0. The number of rotatable bonds is 2. The minimum Gasteiger partial charge on any atom is -0.321 e. The van der Waals surface area contributed by atoms with Crippen molar-refractivity contribution in [2.24, 2.45) is 11.3 Å². The average Bonchev–Trinajstić information content (AvgIpc) is 2.97. The van der Waals surface area contributed by atoms with Gasteiger partial charge in [0.05, 0.1) is 16.8 Å². The molecular weight excluding hydrogens is 316 g/mol. The summed E-state index contributed by atoms with van der Waals surface area (Å²) < 4.78 is 0. The van der Waals surface area contributed by atoms with Gasteiger partial charge in [-0.3, -0.25) is 4.79 Å². The maximum Gasteiger partial charge on any atom is 0.256 e. The van der Waals surface area contributed by atoms with E-state index < -0.39 is 0 Å². The number of hydrogen-bond acceptors (Lipinski definition) is 3. The minimum atomic E-state index is -0.107. The standard InChI is InChI=1S/C20H22N2OS/c1-20(2,3)14-8-9-15-16(12-24-18(15)10-14)19(23)22-17-7-5-4-6-13(17)11-21/h4-7,12,14H,8-10H2,1-3H3,(H,22,23). The lowest BCUT2D eigenvalue weighted by Crippen LogP contribution is -2.27. The Morgan fingerprint density at radius 3 is 2.79 bits per heavy atom. The summed E-state index contributed by atoms with van der Waals surface area (Å²) in [7, 11) is 0. The fraction of sp³-hybridized carbons (Fsp3) is 0.400. The molecular formula is C20H22N2OS. The van der Waals surface area contributed by atoms with Gasteiger partial charge in [-0.05, 0) is 48.3 Å². The Hall–Kier alpha value is -2.12. The van der Waals surface area contributed by atoms with Crippen LogP contribution in [0.5, 0.6) is 0 Å². The SMILES string of the molecule is CC(C)(C)C1CCc2c(C(=O)Nc3ccccc3C#N)csc2C1. The molecule has 1 aromatic carbocycles. The van der Waals surface area contributed by atoms with Crippen molar-refractivity contribution in [1.29, 1.82) is 5.26 Å². The second kappa shape index (κ2) is 6.41. The summed E-state index contributed by atoms with van der Waals surface area (Å²) in [5.41, 5.74) is 3.34. The van der Waals surface area contributed by atoms with Gasteiger partial charge in [0, 0.05) is 10.3 Å². The van der Waals surface area contributed by atoms with Gasteiger partial charge in [-0.1, -0.05) is 32.9 Å². The van der Waals surface area contributed by atoms with Crippen molar-refractivity contribution in [1.82, 2.24) is 0 Å². The van der Waals surface area contributed by atoms with E-state index >= 15 is 0 Å². The molecule has 124 valence electrons. The van der Waals surface area contributed by atoms with Crippen LogP contribution in [-0.4, -0.2) is 5.91 Å². The predicted octanol–water partition coefficient (Wildman–Crippen LogP) is 5.02. The van der Waals surface area contributed by atoms with Crippen LogP contribution in [0, 0.1) is 22.7 Å². The van der Waals surface area contributed by atoms with Gasteiger partial charge in [-0.15, -0.1) is 11.3 Å². The second-order valence-electron chi connectivity index (χ2n) is 7.47. The van der Waals surface area contributed by atoms with Crippen molar-refractivity contribution in [3.8, 4) is 6.07 Å². The number of nitrogens with one attached hydrogen (secondary N) is 1. The van der Waals surface area contributed by atoms with Crippen LogP contribution >= 0.6 is 11.3 Å². The number of hydrogen-bond donors (Lipinski definition) is 1. The third kappa shape index (κ3) is 3.22. The lowest BCUT2D eigenvalue weighted by atomic mass is 9.72. The van der Waals surface area contributed by atoms with Crippen LogP contribution in [0.15, 0.2) is 29.6 Å². The molecule has 0 fully saturated rings. The van der Waals surface area contributed by atoms with Crippen molar-refractivity contribution >= 4 is 22.9 Å². The first-order valence-corrected chi connectivity index (χ1v) is 9.18. The minimum absolute atomic E-state index is 0.107. The van der Waals surface area contributed by atoms with Crippen LogP contribution in [0.3, 0.4) is 0 Å². The number of nitrogens with zero attached hydrogens (tertiary/aromatic N) is 1. The van der Waals surface area contributed by atoms with Crippen LogP contribution in [-0.2, 0) is 12.8 Å². The van der Waals surface area contributed by atoms with Gasteiger partial charge in [0.15, 0.2) is 0 Å². The number of amides is 1. The molecule has 24 heavy (non-hydrogen) atoms. The van der Waals surface area contributed by atoms with Gasteiger partial charge >= 0.3 is 0 Å². The van der Waals surface area contributed by atoms with Gasteiger partial charge in [0.1, 0.15) is 6.07 Å². The van der Waals surface area contributed by atoms with Gasteiger partial charge < -0.3 is 5.32 Å². The Morgan fingerprint density at radius 2 is 2.08 bits per heavy atom. The van der Waals surface area contributed by atoms with Gasteiger partial charge in [0.2, 0.25) is 0 Å². The topological polar surface area (TPSA) is 52.9 Å². The number of nitriles is 1. The van der Waals surface area contributed by atoms with Gasteiger partial charge in [0.25, 0.3) is 5.91 Å². The van der Waals surface area contributed by atoms with Crippen LogP contribution in [0.1, 0.15) is 53.6 Å². The van der Waals surface area contributed by atoms with Crippen LogP contribution in [0.25, 0.3) is 0 Å². The van der Waals surface area contributed by atoms with E-state index in [1.54, 1.807) is 29.5 Å². The molecule has 1 aliphatic rings. The summed E-state index contributed by atoms with van der Waals surface area (Å²) in [5.74, 6) is 0.559. The number of para-hydroxylation sites is 1. The highest BCUT2D eigenvalue weighted by atomic mass is 32.1. The summed E-state index contributed by atoms with van der Waals surface area (Å²) in [6.07, 6.45) is 3.15. The molecule has 2 aromatic rings. The molecule has 0 spiro atoms. The molecule has 0 saturated carbocycles. The van der Waals surface area contributed by atoms with E-state index in [0.717, 1.165) is 24.8 Å². The molecule has 0 aliphatic heterocycles. The Bertz CT molecular complexity index is 808. The first kappa shape index (κ1) is 16.7. The molecule has 1 heterocycles. The third-order valence-electron chi connectivity index (χ3n) is 4.92. The fourth-order valence-electron chi connectivity index (χ4n) is 3.32. The van der Waals surface area contributed by atoms with Crippen molar-refractivity contribution in [3.05, 3.63) is 51.2 Å². The predicted molar refractivity (Wildman–Crippen MR) is 98.4 cm³/mol. The lowest BCUT2D eigenvalue weighted by molar-refractivity contribution is 0.102. The van der Waals surface area contributed by atoms with Gasteiger partial charge in [-0.25, -0.2) is 0 Å². The van der Waals surface area contributed by atoms with Crippen molar-refractivity contribution < 1.29 is 4.79 Å². The first-order valence-electron chi connectivity index (χ1n) is 8.30. The van der Waals surface area contributed by atoms with Crippen molar-refractivity contribution in [3.63, 3.8) is 0 Å². The molecule has 0 bridgehead atoms. The van der Waals surface area contributed by atoms with E-state index in [0.29, 0.717) is 22.6 Å². The highest BCUT2D eigenvalue weighted by molar-refractivity contribution is 7.10. The highest BCUT2D eigenvalue weighted by Crippen LogP contribution is 2.40. The Labute approximate surface area is 147 Å². The third-order valence-corrected chi connectivity index (χ3v) is 5.97. The molecule has 1 aliphatic carbocycles. The molecule has 0 radical (unpaired) electrons. The monoisotopic (exact) mass is 338 g/mol. The molecule has 3 rings (SSSR count). The smallest absolute Gasteiger partial charge is 0.256 e. The van der Waals surface area contributed by atoms with E-state index in [1.165, 1.54) is 10.4 Å². The molecule has 3 nitrogen and oxygen atoms in total. The first-order chi connectivity index (χ1) is 11.4. The summed E-state index contributed by atoms with van der Waals surface area (Å²) in [6.45, 7) is 6.88. The molecule has 1 aromatic heterocycles. The number of fused-ring (bicyclic) bond motifs is 1. The summed E-state index contributed by atoms with van der Waals surface area (Å²) >= 11 is 1.69. The molecule has 4 heteroatoms. The molecule has 1 amide bonds. The molecule has 1 N–H and O–H groups in total. The van der Waals surface area contributed by atoms with E-state index in [4.69, 9.17) is 5.26 Å². The van der Waals surface area contributed by atoms with E-state index in [2.05, 4.69) is 32.2 Å². The average molecular weight is 338 g/mol. The zero-order valence-corrected chi connectivity index (χ0v) is 15.2. The molecule has 1 atom stereocenters. The maximum absolute atomic E-state index is 12.7.